The number of aliphatic hydroxyl groups excluding tert-OH is 1. The first-order chi connectivity index (χ1) is 4.87. The van der Waals surface area contributed by atoms with Crippen LogP contribution in [0.15, 0.2) is 0 Å². The van der Waals surface area contributed by atoms with Crippen LogP contribution in [-0.2, 0) is 9.53 Å². The lowest BCUT2D eigenvalue weighted by Gasteiger charge is -2.21. The van der Waals surface area contributed by atoms with Crippen LogP contribution in [-0.4, -0.2) is 23.3 Å². The van der Waals surface area contributed by atoms with E-state index >= 15 is 0 Å². The smallest absolute Gasteiger partial charge is 0.311 e. The molecule has 3 nitrogen and oxygen atoms in total. The van der Waals surface area contributed by atoms with Crippen LogP contribution in [0, 0.1) is 5.92 Å². The van der Waals surface area contributed by atoms with E-state index < -0.39 is 11.5 Å². The third-order valence-electron chi connectivity index (χ3n) is 1.08. The van der Waals surface area contributed by atoms with Crippen molar-refractivity contribution in [2.45, 2.75) is 40.7 Å². The van der Waals surface area contributed by atoms with E-state index in [0.717, 1.165) is 0 Å². The van der Waals surface area contributed by atoms with Crippen LogP contribution < -0.4 is 0 Å². The summed E-state index contributed by atoms with van der Waals surface area (Å²) in [7, 11) is 0. The van der Waals surface area contributed by atoms with Crippen molar-refractivity contribution in [3.8, 4) is 0 Å². The minimum Gasteiger partial charge on any atom is -0.460 e. The van der Waals surface area contributed by atoms with E-state index in [1.165, 1.54) is 0 Å². The third-order valence-corrected chi connectivity index (χ3v) is 1.08. The normalized spacial score (nSPS) is 13.1. The number of hydrogen-bond acceptors (Lipinski definition) is 3. The molecule has 0 fully saturated rings. The van der Waals surface area contributed by atoms with E-state index in [0.29, 0.717) is 0 Å². The molecule has 0 aromatic rings. The van der Waals surface area contributed by atoms with Gasteiger partial charge in [0.05, 0.1) is 12.5 Å². The fourth-order valence-corrected chi connectivity index (χ4v) is 0.477. The van der Waals surface area contributed by atoms with Gasteiger partial charge in [0.25, 0.3) is 0 Å². The van der Waals surface area contributed by atoms with E-state index in [4.69, 9.17) is 9.84 Å². The Morgan fingerprint density at radius 1 is 1.50 bits per heavy atom. The van der Waals surface area contributed by atoms with Gasteiger partial charge in [-0.3, -0.25) is 4.79 Å². The van der Waals surface area contributed by atoms with Crippen molar-refractivity contribution in [1.29, 1.82) is 0 Å². The molecule has 0 radical (unpaired) electrons. The van der Waals surface area contributed by atoms with Crippen LogP contribution in [0.2, 0.25) is 0 Å². The van der Waals surface area contributed by atoms with Crippen molar-refractivity contribution in [3.05, 3.63) is 0 Å². The molecule has 0 bridgehead atoms. The van der Waals surface area contributed by atoms with Crippen molar-refractivity contribution >= 4 is 5.97 Å². The van der Waals surface area contributed by atoms with Crippen LogP contribution in [0.1, 0.15) is 35.1 Å². The van der Waals surface area contributed by atoms with Crippen LogP contribution in [0.3, 0.4) is 0 Å². The minimum atomic E-state index is -0.458. The molecule has 12 heavy (non-hydrogen) atoms. The fraction of sp³-hybridized carbons (Fsp3) is 0.889. The zero-order valence-electron chi connectivity index (χ0n) is 7.55. The molecule has 1 unspecified atom stereocenters. The summed E-state index contributed by atoms with van der Waals surface area (Å²) in [5, 5.41) is 8.60. The largest absolute Gasteiger partial charge is 0.460 e. The number of rotatable bonds is 2. The molecular formula is C9H20O3. The highest BCUT2D eigenvalue weighted by Crippen LogP contribution is 2.10. The summed E-state index contributed by atoms with van der Waals surface area (Å²) in [6, 6.07) is 0. The summed E-state index contributed by atoms with van der Waals surface area (Å²) in [5.74, 6) is -0.769. The summed E-state index contributed by atoms with van der Waals surface area (Å²) in [5.41, 5.74) is -0.458. The van der Waals surface area contributed by atoms with Crippen molar-refractivity contribution in [1.82, 2.24) is 0 Å². The Morgan fingerprint density at radius 3 is 2.17 bits per heavy atom. The Kier molecular flexibility index (Phi) is 5.99. The van der Waals surface area contributed by atoms with Crippen molar-refractivity contribution in [3.63, 3.8) is 0 Å². The monoisotopic (exact) mass is 176 g/mol. The summed E-state index contributed by atoms with van der Waals surface area (Å²) >= 11 is 0. The molecule has 0 saturated heterocycles. The quantitative estimate of drug-likeness (QED) is 0.650. The maximum absolute atomic E-state index is 11.0. The third kappa shape index (κ3) is 6.16. The molecule has 0 rings (SSSR count). The van der Waals surface area contributed by atoms with Gasteiger partial charge in [-0.25, -0.2) is 0 Å². The summed E-state index contributed by atoms with van der Waals surface area (Å²) in [6.07, 6.45) is 0. The highest BCUT2D eigenvalue weighted by Gasteiger charge is 2.20. The van der Waals surface area contributed by atoms with E-state index in [9.17, 15) is 4.79 Å². The van der Waals surface area contributed by atoms with E-state index in [1.807, 2.05) is 0 Å². The van der Waals surface area contributed by atoms with Crippen LogP contribution in [0.5, 0.6) is 0 Å². The molecule has 0 spiro atoms. The van der Waals surface area contributed by atoms with Crippen molar-refractivity contribution in [2.24, 2.45) is 5.92 Å². The van der Waals surface area contributed by atoms with Gasteiger partial charge in [-0.2, -0.15) is 0 Å². The number of hydrogen-bond donors (Lipinski definition) is 1. The molecular weight excluding hydrogens is 156 g/mol. The lowest BCUT2D eigenvalue weighted by atomic mass is 10.1. The fourth-order valence-electron chi connectivity index (χ4n) is 0.477. The van der Waals surface area contributed by atoms with Gasteiger partial charge in [-0.05, 0) is 27.7 Å². The van der Waals surface area contributed by atoms with Gasteiger partial charge >= 0.3 is 5.97 Å². The number of ether oxygens (including phenoxy) is 1. The molecule has 1 atom stereocenters. The zero-order chi connectivity index (χ0) is 9.07. The molecule has 0 amide bonds. The van der Waals surface area contributed by atoms with Crippen molar-refractivity contribution in [2.75, 3.05) is 6.61 Å². The van der Waals surface area contributed by atoms with Gasteiger partial charge in [0, 0.05) is 0 Å². The molecule has 3 heteroatoms. The Labute approximate surface area is 74.7 Å². The van der Waals surface area contributed by atoms with Crippen LogP contribution in [0.25, 0.3) is 0 Å². The molecule has 0 saturated carbocycles. The highest BCUT2D eigenvalue weighted by atomic mass is 16.6. The molecule has 0 aromatic heterocycles. The van der Waals surface area contributed by atoms with Gasteiger partial charge < -0.3 is 9.84 Å². The first-order valence-electron chi connectivity index (χ1n) is 3.70. The van der Waals surface area contributed by atoms with Crippen LogP contribution in [0.4, 0.5) is 0 Å². The molecule has 1 N–H and O–H groups in total. The van der Waals surface area contributed by atoms with Gasteiger partial charge in [-0.15, -0.1) is 0 Å². The molecule has 0 heterocycles. The predicted octanol–water partition coefficient (Wildman–Crippen LogP) is 1.59. The zero-order valence-corrected chi connectivity index (χ0v) is 7.55. The Bertz CT molecular complexity index is 135. The Balaban J connectivity index is 0. The second-order valence-corrected chi connectivity index (χ2v) is 3.62. The molecule has 0 aliphatic heterocycles. The summed E-state index contributed by atoms with van der Waals surface area (Å²) < 4.78 is 4.99. The standard InChI is InChI=1S/C8H16O3.CH4/c1-6(5-9)7(10)11-8(2,3)4;/h6,9H,5H2,1-4H3;1H4. The molecule has 74 valence electrons. The summed E-state index contributed by atoms with van der Waals surface area (Å²) in [6.45, 7) is 6.88. The number of carbonyl (C=O) groups excluding carboxylic acids is 1. The number of carbonyl (C=O) groups is 1. The van der Waals surface area contributed by atoms with Crippen molar-refractivity contribution < 1.29 is 14.6 Å². The Hall–Kier alpha value is -0.570. The predicted molar refractivity (Wildman–Crippen MR) is 48.8 cm³/mol. The lowest BCUT2D eigenvalue weighted by Crippen LogP contribution is -2.28. The topological polar surface area (TPSA) is 46.5 Å². The van der Waals surface area contributed by atoms with Gasteiger partial charge in [0.15, 0.2) is 0 Å². The number of esters is 1. The van der Waals surface area contributed by atoms with E-state index in [-0.39, 0.29) is 20.0 Å². The first kappa shape index (κ1) is 14.0. The van der Waals surface area contributed by atoms with Crippen LogP contribution >= 0.6 is 0 Å². The molecule has 0 aromatic carbocycles. The highest BCUT2D eigenvalue weighted by molar-refractivity contribution is 5.72. The maximum Gasteiger partial charge on any atom is 0.311 e. The summed E-state index contributed by atoms with van der Waals surface area (Å²) in [4.78, 5) is 11.0. The minimum absolute atomic E-state index is 0. The molecule has 0 aliphatic rings. The Morgan fingerprint density at radius 2 is 1.92 bits per heavy atom. The average Bonchev–Trinajstić information content (AvgIpc) is 1.82. The van der Waals surface area contributed by atoms with E-state index in [2.05, 4.69) is 0 Å². The maximum atomic E-state index is 11.0. The van der Waals surface area contributed by atoms with Gasteiger partial charge in [-0.1, -0.05) is 7.43 Å². The van der Waals surface area contributed by atoms with Gasteiger partial charge in [0.2, 0.25) is 0 Å². The number of aliphatic hydroxyl groups is 1. The van der Waals surface area contributed by atoms with Gasteiger partial charge in [0.1, 0.15) is 5.60 Å². The second-order valence-electron chi connectivity index (χ2n) is 3.62. The average molecular weight is 176 g/mol. The second kappa shape index (κ2) is 5.14. The first-order valence-corrected chi connectivity index (χ1v) is 3.70. The van der Waals surface area contributed by atoms with E-state index in [1.54, 1.807) is 27.7 Å². The molecule has 0 aliphatic carbocycles. The lowest BCUT2D eigenvalue weighted by molar-refractivity contribution is -0.160. The SMILES string of the molecule is C.CC(CO)C(=O)OC(C)(C)C.